The Kier molecular flexibility index (Phi) is 4.59. The van der Waals surface area contributed by atoms with E-state index >= 15 is 0 Å². The lowest BCUT2D eigenvalue weighted by Gasteiger charge is -2.10. The summed E-state index contributed by atoms with van der Waals surface area (Å²) in [5, 5.41) is -0.514. The van der Waals surface area contributed by atoms with Crippen LogP contribution in [0.1, 0.15) is 0 Å². The number of nitrogens with zero attached hydrogens (tertiary/aromatic N) is 2. The number of halogens is 5. The molecule has 0 aliphatic carbocycles. The maximum Gasteiger partial charge on any atom is 0.402 e. The minimum absolute atomic E-state index is 0.163. The van der Waals surface area contributed by atoms with Gasteiger partial charge in [0.15, 0.2) is 0 Å². The third-order valence-corrected chi connectivity index (χ3v) is 2.73. The summed E-state index contributed by atoms with van der Waals surface area (Å²) < 4.78 is 60.9. The molecule has 102 valence electrons. The van der Waals surface area contributed by atoms with Crippen LogP contribution in [0, 0.1) is 0 Å². The van der Waals surface area contributed by atoms with Gasteiger partial charge < -0.3 is 0 Å². The minimum Gasteiger partial charge on any atom is -0.254 e. The highest BCUT2D eigenvalue weighted by Gasteiger charge is 2.29. The molecular weight excluding hydrogens is 320 g/mol. The van der Waals surface area contributed by atoms with Crippen molar-refractivity contribution in [3.05, 3.63) is 16.5 Å². The van der Waals surface area contributed by atoms with Crippen LogP contribution in [0.4, 0.5) is 19.0 Å². The van der Waals surface area contributed by atoms with Crippen LogP contribution in [0.25, 0.3) is 0 Å². The standard InChI is InChI=1S/C6H5Cl2F3N4O2S/c7-3-1-4(14-5(8)13-3)15-18(16,17)12-2-6(9,10)11/h1,12H,2H2,(H,13,14,15). The number of hydrogen-bond acceptors (Lipinski definition) is 4. The Hall–Kier alpha value is -0.840. The molecule has 0 bridgehead atoms. The fourth-order valence-electron chi connectivity index (χ4n) is 0.793. The van der Waals surface area contributed by atoms with E-state index < -0.39 is 22.9 Å². The molecule has 0 aliphatic rings. The van der Waals surface area contributed by atoms with E-state index in [1.54, 1.807) is 4.72 Å². The van der Waals surface area contributed by atoms with Gasteiger partial charge in [-0.15, -0.1) is 0 Å². The summed E-state index contributed by atoms with van der Waals surface area (Å²) in [6.45, 7) is -1.71. The Balaban J connectivity index is 2.76. The second-order valence-electron chi connectivity index (χ2n) is 2.89. The van der Waals surface area contributed by atoms with E-state index in [1.807, 2.05) is 0 Å². The molecule has 0 radical (unpaired) electrons. The SMILES string of the molecule is O=S(=O)(NCC(F)(F)F)Nc1cc(Cl)nc(Cl)n1. The predicted octanol–water partition coefficient (Wildman–Crippen LogP) is 1.59. The van der Waals surface area contributed by atoms with Crippen LogP contribution in [-0.2, 0) is 10.2 Å². The highest BCUT2D eigenvalue weighted by atomic mass is 35.5. The van der Waals surface area contributed by atoms with Gasteiger partial charge in [-0.1, -0.05) is 11.6 Å². The molecule has 0 saturated carbocycles. The smallest absolute Gasteiger partial charge is 0.254 e. The van der Waals surface area contributed by atoms with Gasteiger partial charge in [-0.25, -0.2) is 4.98 Å². The second-order valence-corrected chi connectivity index (χ2v) is 5.11. The molecule has 0 atom stereocenters. The van der Waals surface area contributed by atoms with Gasteiger partial charge in [-0.3, -0.25) is 4.72 Å². The first-order valence-corrected chi connectivity index (χ1v) is 6.35. The van der Waals surface area contributed by atoms with Gasteiger partial charge >= 0.3 is 16.4 Å². The van der Waals surface area contributed by atoms with Crippen molar-refractivity contribution in [1.82, 2.24) is 14.7 Å². The van der Waals surface area contributed by atoms with Crippen molar-refractivity contribution in [1.29, 1.82) is 0 Å². The largest absolute Gasteiger partial charge is 0.402 e. The molecule has 0 amide bonds. The minimum atomic E-state index is -4.67. The first-order valence-electron chi connectivity index (χ1n) is 4.12. The highest BCUT2D eigenvalue weighted by molar-refractivity contribution is 7.90. The number of alkyl halides is 3. The normalized spacial score (nSPS) is 12.5. The van der Waals surface area contributed by atoms with Crippen LogP contribution in [0.15, 0.2) is 6.07 Å². The van der Waals surface area contributed by atoms with Crippen LogP contribution in [-0.4, -0.2) is 31.1 Å². The summed E-state index contributed by atoms with van der Waals surface area (Å²) in [7, 11) is -4.43. The molecule has 1 rings (SSSR count). The third kappa shape index (κ3) is 5.67. The molecule has 1 heterocycles. The maximum absolute atomic E-state index is 11.8. The molecule has 0 saturated heterocycles. The van der Waals surface area contributed by atoms with Crippen molar-refractivity contribution in [3.63, 3.8) is 0 Å². The Labute approximate surface area is 110 Å². The van der Waals surface area contributed by atoms with E-state index in [1.165, 1.54) is 4.72 Å². The van der Waals surface area contributed by atoms with Crippen LogP contribution in [0.5, 0.6) is 0 Å². The van der Waals surface area contributed by atoms with Crippen molar-refractivity contribution in [2.75, 3.05) is 11.3 Å². The molecule has 1 aromatic rings. The Morgan fingerprint density at radius 3 is 2.39 bits per heavy atom. The maximum atomic E-state index is 11.8. The van der Waals surface area contributed by atoms with Crippen LogP contribution >= 0.6 is 23.2 Å². The summed E-state index contributed by atoms with van der Waals surface area (Å²) >= 11 is 10.8. The van der Waals surface area contributed by atoms with Gasteiger partial charge in [-0.2, -0.15) is 31.3 Å². The van der Waals surface area contributed by atoms with Gasteiger partial charge in [0.2, 0.25) is 5.28 Å². The average molecular weight is 325 g/mol. The molecule has 2 N–H and O–H groups in total. The zero-order valence-corrected chi connectivity index (χ0v) is 10.6. The van der Waals surface area contributed by atoms with E-state index in [2.05, 4.69) is 9.97 Å². The van der Waals surface area contributed by atoms with Crippen molar-refractivity contribution in [2.45, 2.75) is 6.18 Å². The lowest BCUT2D eigenvalue weighted by atomic mass is 10.6. The second kappa shape index (κ2) is 5.43. The van der Waals surface area contributed by atoms with Crippen molar-refractivity contribution < 1.29 is 21.6 Å². The first kappa shape index (κ1) is 15.2. The lowest BCUT2D eigenvalue weighted by Crippen LogP contribution is -2.37. The molecule has 1 aromatic heterocycles. The van der Waals surface area contributed by atoms with Crippen LogP contribution < -0.4 is 9.44 Å². The molecule has 0 unspecified atom stereocenters. The van der Waals surface area contributed by atoms with E-state index in [4.69, 9.17) is 23.2 Å². The first-order chi connectivity index (χ1) is 8.07. The fraction of sp³-hybridized carbons (Fsp3) is 0.333. The van der Waals surface area contributed by atoms with Crippen LogP contribution in [0.3, 0.4) is 0 Å². The van der Waals surface area contributed by atoms with Gasteiger partial charge in [0.25, 0.3) is 0 Å². The fourth-order valence-corrected chi connectivity index (χ4v) is 2.01. The summed E-state index contributed by atoms with van der Waals surface area (Å²) in [5.74, 6) is -0.352. The molecule has 0 aromatic carbocycles. The number of hydrogen-bond donors (Lipinski definition) is 2. The van der Waals surface area contributed by atoms with Gasteiger partial charge in [0, 0.05) is 6.07 Å². The van der Waals surface area contributed by atoms with Gasteiger partial charge in [0.1, 0.15) is 17.5 Å². The summed E-state index contributed by atoms with van der Waals surface area (Å²) in [5.41, 5.74) is 0. The zero-order valence-electron chi connectivity index (χ0n) is 8.29. The zero-order chi connectivity index (χ0) is 14.0. The van der Waals surface area contributed by atoms with Crippen LogP contribution in [0.2, 0.25) is 10.4 Å². The monoisotopic (exact) mass is 324 g/mol. The highest BCUT2D eigenvalue weighted by Crippen LogP contribution is 2.16. The third-order valence-electron chi connectivity index (χ3n) is 1.37. The van der Waals surface area contributed by atoms with Gasteiger partial charge in [-0.05, 0) is 11.6 Å². The predicted molar refractivity (Wildman–Crippen MR) is 58.7 cm³/mol. The molecule has 0 aliphatic heterocycles. The molecule has 0 spiro atoms. The van der Waals surface area contributed by atoms with E-state index in [0.717, 1.165) is 6.07 Å². The summed E-state index contributed by atoms with van der Waals surface area (Å²) in [6.07, 6.45) is -4.67. The Bertz CT molecular complexity index is 516. The van der Waals surface area contributed by atoms with E-state index in [9.17, 15) is 21.6 Å². The van der Waals surface area contributed by atoms with Gasteiger partial charge in [0.05, 0.1) is 0 Å². The molecule has 6 nitrogen and oxygen atoms in total. The Morgan fingerprint density at radius 1 is 1.28 bits per heavy atom. The molecular formula is C6H5Cl2F3N4O2S. The van der Waals surface area contributed by atoms with Crippen molar-refractivity contribution in [3.8, 4) is 0 Å². The number of aromatic nitrogens is 2. The van der Waals surface area contributed by atoms with Crippen molar-refractivity contribution in [2.24, 2.45) is 0 Å². The van der Waals surface area contributed by atoms with E-state index in [-0.39, 0.29) is 16.3 Å². The van der Waals surface area contributed by atoms with E-state index in [0.29, 0.717) is 0 Å². The summed E-state index contributed by atoms with van der Waals surface area (Å²) in [6, 6.07) is 0.986. The van der Waals surface area contributed by atoms with Crippen molar-refractivity contribution >= 4 is 39.2 Å². The Morgan fingerprint density at radius 2 is 1.89 bits per heavy atom. The lowest BCUT2D eigenvalue weighted by molar-refractivity contribution is -0.121. The topological polar surface area (TPSA) is 84.0 Å². The molecule has 12 heteroatoms. The summed E-state index contributed by atoms with van der Waals surface area (Å²) in [4.78, 5) is 6.86. The average Bonchev–Trinajstić information content (AvgIpc) is 2.11. The number of anilines is 1. The number of nitrogens with one attached hydrogen (secondary N) is 2. The quantitative estimate of drug-likeness (QED) is 0.650. The molecule has 0 fully saturated rings. The molecule has 18 heavy (non-hydrogen) atoms. The number of rotatable bonds is 4.